The second-order valence-corrected chi connectivity index (χ2v) is 6.72. The summed E-state index contributed by atoms with van der Waals surface area (Å²) in [6, 6.07) is 11.1. The lowest BCUT2D eigenvalue weighted by Crippen LogP contribution is -2.12. The molecule has 0 fully saturated rings. The number of aromatic nitrogens is 2. The Morgan fingerprint density at radius 3 is 2.66 bits per heavy atom. The number of amides is 1. The Balaban J connectivity index is 1.63. The average Bonchev–Trinajstić information content (AvgIpc) is 3.13. The highest BCUT2D eigenvalue weighted by Gasteiger charge is 2.14. The number of benzene rings is 1. The van der Waals surface area contributed by atoms with Gasteiger partial charge in [0.05, 0.1) is 12.7 Å². The fraction of sp³-hybridized carbons (Fsp3) is 0.261. The number of aryl methyl sites for hydroxylation is 2. The van der Waals surface area contributed by atoms with Crippen LogP contribution in [0, 0.1) is 25.7 Å². The highest BCUT2D eigenvalue weighted by Crippen LogP contribution is 2.17. The standard InChI is InChI=1S/C23H23N3O3/c1-16-15-17(2)26-14-13-20(22(26)24-16)23(28)25-19-11-9-18(10-12-19)7-5-4-6-8-21(27)29-3/h9-15H,4,6,8H2,1-3H3,(H,25,28). The smallest absolute Gasteiger partial charge is 0.305 e. The molecule has 0 aliphatic carbocycles. The van der Waals surface area contributed by atoms with Crippen LogP contribution in [0.2, 0.25) is 0 Å². The van der Waals surface area contributed by atoms with Crippen molar-refractivity contribution in [1.82, 2.24) is 9.38 Å². The highest BCUT2D eigenvalue weighted by molar-refractivity contribution is 6.08. The summed E-state index contributed by atoms with van der Waals surface area (Å²) >= 11 is 0. The van der Waals surface area contributed by atoms with Crippen LogP contribution >= 0.6 is 0 Å². The van der Waals surface area contributed by atoms with E-state index in [-0.39, 0.29) is 11.9 Å². The van der Waals surface area contributed by atoms with Gasteiger partial charge >= 0.3 is 5.97 Å². The van der Waals surface area contributed by atoms with Crippen LogP contribution in [0.4, 0.5) is 5.69 Å². The van der Waals surface area contributed by atoms with Crippen LogP contribution in [0.5, 0.6) is 0 Å². The number of nitrogens with one attached hydrogen (secondary N) is 1. The summed E-state index contributed by atoms with van der Waals surface area (Å²) in [7, 11) is 1.38. The first-order valence-corrected chi connectivity index (χ1v) is 9.40. The molecule has 0 spiro atoms. The van der Waals surface area contributed by atoms with E-state index in [0.717, 1.165) is 17.0 Å². The molecule has 0 bridgehead atoms. The van der Waals surface area contributed by atoms with Crippen molar-refractivity contribution >= 4 is 23.2 Å². The van der Waals surface area contributed by atoms with E-state index in [1.165, 1.54) is 7.11 Å². The van der Waals surface area contributed by atoms with E-state index in [2.05, 4.69) is 26.9 Å². The fourth-order valence-corrected chi connectivity index (χ4v) is 2.99. The second kappa shape index (κ2) is 9.07. The molecule has 0 radical (unpaired) electrons. The Morgan fingerprint density at radius 2 is 1.93 bits per heavy atom. The summed E-state index contributed by atoms with van der Waals surface area (Å²) in [6.07, 6.45) is 3.53. The number of nitrogens with zero attached hydrogens (tertiary/aromatic N) is 2. The number of methoxy groups -OCH3 is 1. The topological polar surface area (TPSA) is 72.7 Å². The van der Waals surface area contributed by atoms with E-state index >= 15 is 0 Å². The van der Waals surface area contributed by atoms with Gasteiger partial charge in [0.2, 0.25) is 0 Å². The van der Waals surface area contributed by atoms with Crippen LogP contribution in [0.3, 0.4) is 0 Å². The Kier molecular flexibility index (Phi) is 6.30. The molecular formula is C23H23N3O3. The number of fused-ring (bicyclic) bond motifs is 1. The van der Waals surface area contributed by atoms with Gasteiger partial charge in [-0.15, -0.1) is 0 Å². The molecule has 2 aromatic heterocycles. The predicted molar refractivity (Wildman–Crippen MR) is 112 cm³/mol. The van der Waals surface area contributed by atoms with Crippen LogP contribution in [0.1, 0.15) is 46.6 Å². The molecule has 1 aromatic carbocycles. The summed E-state index contributed by atoms with van der Waals surface area (Å²) in [5.41, 5.74) is 4.62. The Labute approximate surface area is 169 Å². The van der Waals surface area contributed by atoms with Crippen molar-refractivity contribution in [3.05, 3.63) is 65.1 Å². The summed E-state index contributed by atoms with van der Waals surface area (Å²) in [5.74, 6) is 5.67. The van der Waals surface area contributed by atoms with Gasteiger partial charge in [-0.1, -0.05) is 11.8 Å². The van der Waals surface area contributed by atoms with Crippen LogP contribution in [-0.2, 0) is 9.53 Å². The molecule has 0 aliphatic heterocycles. The van der Waals surface area contributed by atoms with E-state index in [1.54, 1.807) is 6.07 Å². The molecule has 29 heavy (non-hydrogen) atoms. The molecule has 6 nitrogen and oxygen atoms in total. The van der Waals surface area contributed by atoms with Crippen molar-refractivity contribution in [1.29, 1.82) is 0 Å². The van der Waals surface area contributed by atoms with Gasteiger partial charge in [-0.25, -0.2) is 4.98 Å². The first-order chi connectivity index (χ1) is 14.0. The van der Waals surface area contributed by atoms with Gasteiger partial charge in [-0.3, -0.25) is 9.59 Å². The summed E-state index contributed by atoms with van der Waals surface area (Å²) in [5, 5.41) is 2.91. The van der Waals surface area contributed by atoms with E-state index in [9.17, 15) is 9.59 Å². The fourth-order valence-electron chi connectivity index (χ4n) is 2.99. The number of carbonyl (C=O) groups is 2. The number of ether oxygens (including phenoxy) is 1. The second-order valence-electron chi connectivity index (χ2n) is 6.72. The van der Waals surface area contributed by atoms with Crippen molar-refractivity contribution in [3.8, 4) is 11.8 Å². The molecule has 1 N–H and O–H groups in total. The maximum Gasteiger partial charge on any atom is 0.305 e. The molecule has 148 valence electrons. The molecule has 2 heterocycles. The van der Waals surface area contributed by atoms with Crippen molar-refractivity contribution in [2.75, 3.05) is 12.4 Å². The van der Waals surface area contributed by atoms with E-state index < -0.39 is 0 Å². The molecule has 0 saturated heterocycles. The monoisotopic (exact) mass is 389 g/mol. The van der Waals surface area contributed by atoms with Gasteiger partial charge in [0.15, 0.2) is 0 Å². The Morgan fingerprint density at radius 1 is 1.17 bits per heavy atom. The van der Waals surface area contributed by atoms with Gasteiger partial charge in [0.25, 0.3) is 5.91 Å². The average molecular weight is 389 g/mol. The number of hydrogen-bond acceptors (Lipinski definition) is 4. The third-order valence-corrected chi connectivity index (χ3v) is 4.47. The van der Waals surface area contributed by atoms with Gasteiger partial charge in [0.1, 0.15) is 5.65 Å². The minimum absolute atomic E-state index is 0.202. The number of unbranched alkanes of at least 4 members (excludes halogenated alkanes) is 1. The van der Waals surface area contributed by atoms with E-state index in [0.29, 0.717) is 36.2 Å². The van der Waals surface area contributed by atoms with Gasteiger partial charge < -0.3 is 14.5 Å². The quantitative estimate of drug-likeness (QED) is 0.408. The first-order valence-electron chi connectivity index (χ1n) is 9.40. The third kappa shape index (κ3) is 5.02. The van der Waals surface area contributed by atoms with Gasteiger partial charge in [0, 0.05) is 41.7 Å². The number of carbonyl (C=O) groups excluding carboxylic acids is 2. The molecular weight excluding hydrogens is 366 g/mol. The van der Waals surface area contributed by atoms with Gasteiger partial charge in [-0.05, 0) is 56.7 Å². The molecule has 6 heteroatoms. The van der Waals surface area contributed by atoms with Crippen molar-refractivity contribution in [2.45, 2.75) is 33.1 Å². The summed E-state index contributed by atoms with van der Waals surface area (Å²) in [6.45, 7) is 3.90. The van der Waals surface area contributed by atoms with Crippen LogP contribution in [-0.4, -0.2) is 28.4 Å². The Bertz CT molecular complexity index is 1100. The zero-order chi connectivity index (χ0) is 20.8. The molecule has 0 saturated carbocycles. The SMILES string of the molecule is COC(=O)CCCC#Cc1ccc(NC(=O)c2ccn3c(C)cc(C)nc23)cc1. The van der Waals surface area contributed by atoms with Crippen LogP contribution in [0.25, 0.3) is 5.65 Å². The lowest BCUT2D eigenvalue weighted by molar-refractivity contribution is -0.140. The molecule has 0 unspecified atom stereocenters. The lowest BCUT2D eigenvalue weighted by atomic mass is 10.2. The van der Waals surface area contributed by atoms with Crippen LogP contribution < -0.4 is 5.32 Å². The zero-order valence-electron chi connectivity index (χ0n) is 16.8. The van der Waals surface area contributed by atoms with Crippen LogP contribution in [0.15, 0.2) is 42.6 Å². The normalized spacial score (nSPS) is 10.3. The minimum Gasteiger partial charge on any atom is -0.469 e. The molecule has 3 aromatic rings. The molecule has 1 amide bonds. The van der Waals surface area contributed by atoms with E-state index in [4.69, 9.17) is 0 Å². The lowest BCUT2D eigenvalue weighted by Gasteiger charge is -2.06. The number of esters is 1. The van der Waals surface area contributed by atoms with Crippen molar-refractivity contribution in [2.24, 2.45) is 0 Å². The first kappa shape index (κ1) is 20.2. The summed E-state index contributed by atoms with van der Waals surface area (Å²) in [4.78, 5) is 28.2. The maximum absolute atomic E-state index is 12.7. The number of hydrogen-bond donors (Lipinski definition) is 1. The Hall–Kier alpha value is -3.59. The van der Waals surface area contributed by atoms with Crippen molar-refractivity contribution in [3.63, 3.8) is 0 Å². The third-order valence-electron chi connectivity index (χ3n) is 4.47. The molecule has 0 aliphatic rings. The maximum atomic E-state index is 12.7. The number of anilines is 1. The molecule has 3 rings (SSSR count). The largest absolute Gasteiger partial charge is 0.469 e. The number of rotatable bonds is 5. The summed E-state index contributed by atoms with van der Waals surface area (Å²) < 4.78 is 6.50. The molecule has 0 atom stereocenters. The predicted octanol–water partition coefficient (Wildman–Crippen LogP) is 3.90. The zero-order valence-corrected chi connectivity index (χ0v) is 16.8. The van der Waals surface area contributed by atoms with Gasteiger partial charge in [-0.2, -0.15) is 0 Å². The van der Waals surface area contributed by atoms with Crippen molar-refractivity contribution < 1.29 is 14.3 Å². The highest BCUT2D eigenvalue weighted by atomic mass is 16.5. The van der Waals surface area contributed by atoms with E-state index in [1.807, 2.05) is 54.8 Å². The minimum atomic E-state index is -0.219.